The van der Waals surface area contributed by atoms with Crippen LogP contribution in [0, 0.1) is 18.3 Å². The fraction of sp³-hybridized carbons (Fsp3) is 0.222. The molecule has 4 aromatic rings. The highest BCUT2D eigenvalue weighted by Crippen LogP contribution is 2.34. The van der Waals surface area contributed by atoms with Crippen molar-refractivity contribution in [2.24, 2.45) is 0 Å². The lowest BCUT2D eigenvalue weighted by atomic mass is 10.2. The van der Waals surface area contributed by atoms with Gasteiger partial charge in [-0.1, -0.05) is 47.5 Å². The van der Waals surface area contributed by atoms with Crippen molar-refractivity contribution in [3.05, 3.63) is 89.1 Å². The molecule has 5 rings (SSSR count). The van der Waals surface area contributed by atoms with Gasteiger partial charge >= 0.3 is 0 Å². The number of nitriles is 1. The number of aryl methyl sites for hydroxylation is 1. The molecule has 1 unspecified atom stereocenters. The van der Waals surface area contributed by atoms with E-state index in [2.05, 4.69) is 9.88 Å². The van der Waals surface area contributed by atoms with E-state index in [-0.39, 0.29) is 10.6 Å². The Morgan fingerprint density at radius 1 is 0.889 bits per heavy atom. The maximum Gasteiger partial charge on any atom is 0.200 e. The molecule has 1 saturated heterocycles. The third-order valence-electron chi connectivity index (χ3n) is 6.36. The van der Waals surface area contributed by atoms with Gasteiger partial charge in [0.25, 0.3) is 0 Å². The van der Waals surface area contributed by atoms with E-state index in [4.69, 9.17) is 16.6 Å². The first-order chi connectivity index (χ1) is 17.4. The van der Waals surface area contributed by atoms with Crippen molar-refractivity contribution in [3.8, 4) is 6.07 Å². The quantitative estimate of drug-likeness (QED) is 0.369. The van der Waals surface area contributed by atoms with Gasteiger partial charge in [-0.25, -0.2) is 18.4 Å². The Hall–Kier alpha value is -3.67. The molecule has 0 saturated carbocycles. The molecule has 1 fully saturated rings. The SMILES string of the molecule is Cc1ccc(S(=O)(=O)C(C#N)c2nc3ccccc3nc2N2CCN(c3cccc(Cl)c3)CC2)cc1. The molecule has 0 radical (unpaired) electrons. The smallest absolute Gasteiger partial charge is 0.200 e. The summed E-state index contributed by atoms with van der Waals surface area (Å²) < 4.78 is 27.2. The van der Waals surface area contributed by atoms with Crippen LogP contribution in [0.5, 0.6) is 0 Å². The summed E-state index contributed by atoms with van der Waals surface area (Å²) in [6, 6.07) is 23.5. The van der Waals surface area contributed by atoms with Crippen LogP contribution in [0.2, 0.25) is 5.02 Å². The minimum atomic E-state index is -4.02. The van der Waals surface area contributed by atoms with Crippen molar-refractivity contribution in [1.82, 2.24) is 9.97 Å². The van der Waals surface area contributed by atoms with Gasteiger partial charge in [-0.3, -0.25) is 0 Å². The highest BCUT2D eigenvalue weighted by atomic mass is 35.5. The van der Waals surface area contributed by atoms with Crippen molar-refractivity contribution in [3.63, 3.8) is 0 Å². The highest BCUT2D eigenvalue weighted by Gasteiger charge is 2.35. The summed E-state index contributed by atoms with van der Waals surface area (Å²) >= 11 is 6.17. The Labute approximate surface area is 215 Å². The zero-order valence-corrected chi connectivity index (χ0v) is 21.2. The number of halogens is 1. The summed E-state index contributed by atoms with van der Waals surface area (Å²) in [7, 11) is -4.02. The standard InChI is InChI=1S/C27H24ClN5O2S/c1-19-9-11-22(12-10-19)36(34,35)25(18-29)26-27(31-24-8-3-2-7-23(24)30-26)33-15-13-32(14-16-33)21-6-4-5-20(28)17-21/h2-12,17,25H,13-16H2,1H3. The molecule has 0 aliphatic carbocycles. The molecule has 0 N–H and O–H groups in total. The molecule has 1 atom stereocenters. The minimum absolute atomic E-state index is 0.0892. The van der Waals surface area contributed by atoms with Crippen molar-refractivity contribution >= 4 is 44.0 Å². The Morgan fingerprint density at radius 3 is 2.17 bits per heavy atom. The second-order valence-corrected chi connectivity index (χ2v) is 11.2. The van der Waals surface area contributed by atoms with Gasteiger partial charge in [0.15, 0.2) is 11.1 Å². The molecule has 1 aromatic heterocycles. The van der Waals surface area contributed by atoms with Crippen molar-refractivity contribution in [1.29, 1.82) is 5.26 Å². The number of aromatic nitrogens is 2. The summed E-state index contributed by atoms with van der Waals surface area (Å²) in [4.78, 5) is 13.8. The second-order valence-electron chi connectivity index (χ2n) is 8.74. The van der Waals surface area contributed by atoms with Crippen LogP contribution in [0.25, 0.3) is 11.0 Å². The van der Waals surface area contributed by atoms with Crippen LogP contribution >= 0.6 is 11.6 Å². The number of benzene rings is 3. The van der Waals surface area contributed by atoms with E-state index in [1.807, 2.05) is 60.4 Å². The Balaban J connectivity index is 1.54. The Bertz CT molecular complexity index is 1560. The van der Waals surface area contributed by atoms with Gasteiger partial charge in [0.2, 0.25) is 9.84 Å². The van der Waals surface area contributed by atoms with E-state index < -0.39 is 15.1 Å². The van der Waals surface area contributed by atoms with E-state index >= 15 is 0 Å². The maximum atomic E-state index is 13.6. The summed E-state index contributed by atoms with van der Waals surface area (Å²) in [5.74, 6) is 0.432. The summed E-state index contributed by atoms with van der Waals surface area (Å²) in [6.45, 7) is 4.45. The van der Waals surface area contributed by atoms with E-state index in [1.165, 1.54) is 12.1 Å². The lowest BCUT2D eigenvalue weighted by Crippen LogP contribution is -2.47. The number of piperazine rings is 1. The van der Waals surface area contributed by atoms with Crippen LogP contribution in [0.1, 0.15) is 16.5 Å². The number of nitrogens with zero attached hydrogens (tertiary/aromatic N) is 5. The van der Waals surface area contributed by atoms with Gasteiger partial charge in [0, 0.05) is 36.9 Å². The lowest BCUT2D eigenvalue weighted by molar-refractivity contribution is 0.589. The highest BCUT2D eigenvalue weighted by molar-refractivity contribution is 7.92. The van der Waals surface area contributed by atoms with Gasteiger partial charge in [-0.05, 0) is 49.4 Å². The maximum absolute atomic E-state index is 13.6. The van der Waals surface area contributed by atoms with Gasteiger partial charge in [-0.2, -0.15) is 5.26 Å². The first-order valence-electron chi connectivity index (χ1n) is 11.6. The molecule has 0 amide bonds. The third-order valence-corrected chi connectivity index (χ3v) is 8.47. The van der Waals surface area contributed by atoms with Crippen LogP contribution in [0.3, 0.4) is 0 Å². The van der Waals surface area contributed by atoms with Gasteiger partial charge in [-0.15, -0.1) is 0 Å². The zero-order valence-electron chi connectivity index (χ0n) is 19.7. The first-order valence-corrected chi connectivity index (χ1v) is 13.5. The molecule has 3 aromatic carbocycles. The fourth-order valence-electron chi connectivity index (χ4n) is 4.40. The van der Waals surface area contributed by atoms with Crippen molar-refractivity contribution < 1.29 is 8.42 Å². The van der Waals surface area contributed by atoms with E-state index in [0.29, 0.717) is 48.1 Å². The molecule has 0 bridgehead atoms. The first kappa shape index (κ1) is 24.0. The monoisotopic (exact) mass is 517 g/mol. The van der Waals surface area contributed by atoms with Crippen molar-refractivity contribution in [2.75, 3.05) is 36.0 Å². The average molecular weight is 518 g/mol. The number of anilines is 2. The van der Waals surface area contributed by atoms with E-state index in [0.717, 1.165) is 11.3 Å². The normalized spacial score (nSPS) is 15.0. The minimum Gasteiger partial charge on any atom is -0.368 e. The molecule has 9 heteroatoms. The summed E-state index contributed by atoms with van der Waals surface area (Å²) in [5, 5.41) is 9.30. The van der Waals surface area contributed by atoms with E-state index in [1.54, 1.807) is 18.2 Å². The molecule has 182 valence electrons. The average Bonchev–Trinajstić information content (AvgIpc) is 2.89. The van der Waals surface area contributed by atoms with Gasteiger partial charge < -0.3 is 9.80 Å². The number of hydrogen-bond donors (Lipinski definition) is 0. The van der Waals surface area contributed by atoms with Crippen LogP contribution in [-0.4, -0.2) is 44.6 Å². The Kier molecular flexibility index (Phi) is 6.52. The molecule has 7 nitrogen and oxygen atoms in total. The lowest BCUT2D eigenvalue weighted by Gasteiger charge is -2.37. The number of hydrogen-bond acceptors (Lipinski definition) is 7. The molecule has 1 aliphatic rings. The molecular formula is C27H24ClN5O2S. The molecule has 2 heterocycles. The van der Waals surface area contributed by atoms with Crippen LogP contribution in [0.15, 0.2) is 77.7 Å². The molecule has 0 spiro atoms. The number of para-hydroxylation sites is 2. The predicted octanol–water partition coefficient (Wildman–Crippen LogP) is 4.96. The summed E-state index contributed by atoms with van der Waals surface area (Å²) in [6.07, 6.45) is 0. The Morgan fingerprint density at radius 2 is 1.53 bits per heavy atom. The molecule has 36 heavy (non-hydrogen) atoms. The van der Waals surface area contributed by atoms with Crippen LogP contribution in [-0.2, 0) is 9.84 Å². The van der Waals surface area contributed by atoms with Crippen LogP contribution < -0.4 is 9.80 Å². The largest absolute Gasteiger partial charge is 0.368 e. The summed E-state index contributed by atoms with van der Waals surface area (Å²) in [5.41, 5.74) is 3.33. The van der Waals surface area contributed by atoms with Gasteiger partial charge in [0.05, 0.1) is 22.0 Å². The topological polar surface area (TPSA) is 90.2 Å². The molecule has 1 aliphatic heterocycles. The number of fused-ring (bicyclic) bond motifs is 1. The van der Waals surface area contributed by atoms with Gasteiger partial charge in [0.1, 0.15) is 5.69 Å². The zero-order chi connectivity index (χ0) is 25.3. The van der Waals surface area contributed by atoms with Crippen molar-refractivity contribution in [2.45, 2.75) is 17.1 Å². The number of rotatable bonds is 5. The second kappa shape index (κ2) is 9.76. The van der Waals surface area contributed by atoms with E-state index in [9.17, 15) is 13.7 Å². The number of sulfone groups is 1. The third kappa shape index (κ3) is 4.60. The van der Waals surface area contributed by atoms with Crippen LogP contribution in [0.4, 0.5) is 11.5 Å². The fourth-order valence-corrected chi connectivity index (χ4v) is 5.97. The molecular weight excluding hydrogens is 494 g/mol. The predicted molar refractivity (Wildman–Crippen MR) is 142 cm³/mol.